The molecule has 0 aliphatic carbocycles. The third-order valence-electron chi connectivity index (χ3n) is 14.4. The fraction of sp³-hybridized carbons (Fsp3) is 0.273. The van der Waals surface area contributed by atoms with Crippen LogP contribution in [-0.4, -0.2) is 51.6 Å². The van der Waals surface area contributed by atoms with Crippen molar-refractivity contribution in [2.75, 3.05) is 0 Å². The molecule has 436 valence electrons. The molecule has 0 aliphatic heterocycles. The molecular weight excluding hydrogens is 1150 g/mol. The largest absolute Gasteiger partial charge is 0.491 e. The van der Waals surface area contributed by atoms with Crippen molar-refractivity contribution in [1.82, 2.24) is 39.4 Å². The summed E-state index contributed by atoms with van der Waals surface area (Å²) in [7, 11) is 0. The molecule has 16 nitrogen and oxygen atoms in total. The molecular formula is C66H70BrClN8O8. The van der Waals surface area contributed by atoms with Gasteiger partial charge in [0.2, 0.25) is 0 Å². The molecule has 0 saturated heterocycles. The first-order valence-corrected chi connectivity index (χ1v) is 28.0. The molecule has 0 bridgehead atoms. The van der Waals surface area contributed by atoms with Gasteiger partial charge in [-0.3, -0.25) is 37.7 Å². The van der Waals surface area contributed by atoms with Crippen molar-refractivity contribution in [2.24, 2.45) is 0 Å². The summed E-state index contributed by atoms with van der Waals surface area (Å²) in [4.78, 5) is 65.9. The predicted molar refractivity (Wildman–Crippen MR) is 337 cm³/mol. The monoisotopic (exact) mass is 1220 g/mol. The first kappa shape index (κ1) is 62.9. The number of halogens is 2. The lowest BCUT2D eigenvalue weighted by Crippen LogP contribution is -2.28. The maximum atomic E-state index is 13.9. The van der Waals surface area contributed by atoms with Crippen molar-refractivity contribution in [3.05, 3.63) is 233 Å². The molecule has 0 radical (unpaired) electrons. The average molecular weight is 1220 g/mol. The fourth-order valence-electron chi connectivity index (χ4n) is 9.85. The van der Waals surface area contributed by atoms with E-state index in [-0.39, 0.29) is 52.7 Å². The highest BCUT2D eigenvalue weighted by molar-refractivity contribution is 8.93. The topological polar surface area (TPSA) is 206 Å². The van der Waals surface area contributed by atoms with Crippen LogP contribution in [0.15, 0.2) is 174 Å². The van der Waals surface area contributed by atoms with E-state index in [4.69, 9.17) is 28.5 Å². The van der Waals surface area contributed by atoms with Crippen molar-refractivity contribution in [1.29, 1.82) is 0 Å². The molecule has 18 heteroatoms. The Bertz CT molecular complexity index is 3770. The van der Waals surface area contributed by atoms with E-state index < -0.39 is 11.5 Å². The molecule has 10 aromatic rings. The van der Waals surface area contributed by atoms with E-state index in [0.29, 0.717) is 47.3 Å². The van der Waals surface area contributed by atoms with E-state index in [1.165, 1.54) is 0 Å². The summed E-state index contributed by atoms with van der Waals surface area (Å²) in [5.74, 6) is 2.45. The zero-order valence-electron chi connectivity index (χ0n) is 48.4. The Labute approximate surface area is 504 Å². The van der Waals surface area contributed by atoms with Gasteiger partial charge in [0.25, 0.3) is 11.1 Å². The molecule has 0 saturated carbocycles. The van der Waals surface area contributed by atoms with E-state index in [1.807, 2.05) is 173 Å². The number of rotatable bonds is 20. The second-order valence-corrected chi connectivity index (χ2v) is 20.3. The molecule has 4 heterocycles. The molecule has 0 fully saturated rings. The number of hydrogen-bond acceptors (Lipinski definition) is 12. The molecule has 4 aromatic heterocycles. The maximum Gasteiger partial charge on any atom is 0.439 e. The standard InChI is InChI=1S/2C33H34N4O4.BrH.ClH/c2*1-5-9-30-29(32(38)37(22(4)34-30)25-16-18-26(19-17-25)40-21(3)6-2)20-23-12-14-24(15-13-23)27-10-7-8-11-28(27)31-35-33(39)41-36-31;;/h2*7-8,10-19,21H,5-6,9,20H2,1-4H3,(H,35,36,39);2*1H. The summed E-state index contributed by atoms with van der Waals surface area (Å²) in [5.41, 5.74) is 11.8. The van der Waals surface area contributed by atoms with Crippen LogP contribution in [0.3, 0.4) is 0 Å². The molecule has 2 unspecified atom stereocenters. The first-order valence-electron chi connectivity index (χ1n) is 28.0. The molecule has 84 heavy (non-hydrogen) atoms. The highest BCUT2D eigenvalue weighted by Gasteiger charge is 2.20. The van der Waals surface area contributed by atoms with Crippen LogP contribution in [0.5, 0.6) is 11.5 Å². The summed E-state index contributed by atoms with van der Waals surface area (Å²) in [5, 5.41) is 7.70. The number of nitrogens with one attached hydrogen (secondary N) is 2. The zero-order valence-corrected chi connectivity index (χ0v) is 51.0. The zero-order chi connectivity index (χ0) is 57.9. The first-order chi connectivity index (χ1) is 39.7. The van der Waals surface area contributed by atoms with Gasteiger partial charge in [-0.1, -0.05) is 148 Å². The van der Waals surface area contributed by atoms with Crippen LogP contribution in [0.4, 0.5) is 0 Å². The van der Waals surface area contributed by atoms with Gasteiger partial charge >= 0.3 is 11.5 Å². The summed E-state index contributed by atoms with van der Waals surface area (Å²) in [6.07, 6.45) is 6.27. The van der Waals surface area contributed by atoms with E-state index >= 15 is 0 Å². The predicted octanol–water partition coefficient (Wildman–Crippen LogP) is 13.5. The van der Waals surface area contributed by atoms with Crippen molar-refractivity contribution in [3.63, 3.8) is 0 Å². The highest BCUT2D eigenvalue weighted by Crippen LogP contribution is 2.32. The Morgan fingerprint density at radius 3 is 1.14 bits per heavy atom. The number of aryl methyl sites for hydroxylation is 4. The van der Waals surface area contributed by atoms with Crippen LogP contribution in [0.2, 0.25) is 0 Å². The lowest BCUT2D eigenvalue weighted by Gasteiger charge is -2.17. The second-order valence-electron chi connectivity index (χ2n) is 20.3. The molecule has 0 aliphatic rings. The van der Waals surface area contributed by atoms with Gasteiger partial charge in [0.15, 0.2) is 11.6 Å². The molecule has 10 rings (SSSR count). The van der Waals surface area contributed by atoms with E-state index in [9.17, 15) is 19.2 Å². The lowest BCUT2D eigenvalue weighted by molar-refractivity contribution is 0.217. The quantitative estimate of drug-likeness (QED) is 0.0731. The number of aromatic nitrogens is 8. The van der Waals surface area contributed by atoms with Gasteiger partial charge in [0.1, 0.15) is 23.1 Å². The highest BCUT2D eigenvalue weighted by atomic mass is 79.9. The van der Waals surface area contributed by atoms with Crippen LogP contribution in [0, 0.1) is 13.8 Å². The molecule has 2 N–H and O–H groups in total. The Balaban J connectivity index is 0.000000235. The van der Waals surface area contributed by atoms with Gasteiger partial charge in [-0.15, -0.1) is 29.4 Å². The van der Waals surface area contributed by atoms with Crippen molar-refractivity contribution >= 4 is 29.4 Å². The second kappa shape index (κ2) is 29.0. The summed E-state index contributed by atoms with van der Waals surface area (Å²) < 4.78 is 24.6. The van der Waals surface area contributed by atoms with Gasteiger partial charge in [0.05, 0.1) is 35.0 Å². The van der Waals surface area contributed by atoms with Gasteiger partial charge in [0, 0.05) is 35.1 Å². The van der Waals surface area contributed by atoms with E-state index in [0.717, 1.165) is 117 Å². The van der Waals surface area contributed by atoms with E-state index in [1.54, 1.807) is 9.13 Å². The molecule has 0 amide bonds. The molecule has 2 atom stereocenters. The summed E-state index contributed by atoms with van der Waals surface area (Å²) in [6.45, 7) is 16.2. The molecule has 0 spiro atoms. The average Bonchev–Trinajstić information content (AvgIpc) is 4.20. The van der Waals surface area contributed by atoms with Crippen molar-refractivity contribution in [3.8, 4) is 67.9 Å². The van der Waals surface area contributed by atoms with Crippen molar-refractivity contribution < 1.29 is 18.5 Å². The SMILES string of the molecule is Br.CCCc1nc(C)n(-c2ccc(OC(C)CC)cc2)c(=O)c1Cc1ccc(-c2ccccc2-c2noc(=O)[nH]2)cc1.CCCc1nc(C)n(-c2ccc(OC(C)CC)cc2)c(=O)c1Cc1ccc(-c2ccccc2-c2noc(=O)[nH]2)cc1.Cl. The Kier molecular flexibility index (Phi) is 21.7. The third-order valence-corrected chi connectivity index (χ3v) is 14.4. The van der Waals surface area contributed by atoms with Crippen LogP contribution in [0.25, 0.3) is 56.4 Å². The summed E-state index contributed by atoms with van der Waals surface area (Å²) in [6, 6.07) is 46.8. The lowest BCUT2D eigenvalue weighted by atomic mass is 9.96. The van der Waals surface area contributed by atoms with Gasteiger partial charge in [-0.2, -0.15) is 0 Å². The number of H-pyrrole nitrogens is 2. The molecule has 6 aromatic carbocycles. The van der Waals surface area contributed by atoms with Crippen LogP contribution in [-0.2, 0) is 25.7 Å². The number of nitrogens with zero attached hydrogens (tertiary/aromatic N) is 6. The fourth-order valence-corrected chi connectivity index (χ4v) is 9.85. The van der Waals surface area contributed by atoms with Crippen LogP contribution >= 0.6 is 29.4 Å². The third kappa shape index (κ3) is 14.7. The Hall–Kier alpha value is -8.67. The van der Waals surface area contributed by atoms with Gasteiger partial charge < -0.3 is 9.47 Å². The summed E-state index contributed by atoms with van der Waals surface area (Å²) >= 11 is 0. The van der Waals surface area contributed by atoms with Gasteiger partial charge in [-0.05, 0) is 135 Å². The minimum atomic E-state index is -0.597. The van der Waals surface area contributed by atoms with Gasteiger partial charge in [-0.25, -0.2) is 19.6 Å². The number of hydrogen-bond donors (Lipinski definition) is 2. The van der Waals surface area contributed by atoms with Crippen LogP contribution < -0.4 is 32.1 Å². The normalized spacial score (nSPS) is 11.6. The minimum Gasteiger partial charge on any atom is -0.491 e. The number of benzene rings is 6. The number of ether oxygens (including phenoxy) is 2. The number of aromatic amines is 2. The van der Waals surface area contributed by atoms with E-state index in [2.05, 4.69) is 48.0 Å². The smallest absolute Gasteiger partial charge is 0.439 e. The minimum absolute atomic E-state index is 0. The van der Waals surface area contributed by atoms with Crippen LogP contribution in [0.1, 0.15) is 113 Å². The van der Waals surface area contributed by atoms with Crippen molar-refractivity contribution in [2.45, 2.75) is 119 Å². The Morgan fingerprint density at radius 1 is 0.488 bits per heavy atom. The Morgan fingerprint density at radius 2 is 0.833 bits per heavy atom. The maximum absolute atomic E-state index is 13.9.